The van der Waals surface area contributed by atoms with Crippen LogP contribution in [0.3, 0.4) is 0 Å². The third-order valence-electron chi connectivity index (χ3n) is 9.21. The molecule has 0 aliphatic heterocycles. The lowest BCUT2D eigenvalue weighted by atomic mass is 9.49. The van der Waals surface area contributed by atoms with E-state index >= 15 is 0 Å². The number of hydrogen-bond donors (Lipinski definition) is 1. The van der Waals surface area contributed by atoms with Crippen LogP contribution in [-0.4, -0.2) is 24.4 Å². The van der Waals surface area contributed by atoms with Crippen LogP contribution in [0.25, 0.3) is 0 Å². The van der Waals surface area contributed by atoms with E-state index in [-0.39, 0.29) is 0 Å². The van der Waals surface area contributed by atoms with Gasteiger partial charge in [0.05, 0.1) is 12.2 Å². The van der Waals surface area contributed by atoms with Crippen LogP contribution in [0.15, 0.2) is 0 Å². The van der Waals surface area contributed by atoms with E-state index < -0.39 is 5.60 Å². The summed E-state index contributed by atoms with van der Waals surface area (Å²) in [5.74, 6) is 5.60. The van der Waals surface area contributed by atoms with Gasteiger partial charge in [-0.05, 0) is 98.7 Å². The summed E-state index contributed by atoms with van der Waals surface area (Å²) < 4.78 is 5.31. The zero-order chi connectivity index (χ0) is 16.9. The maximum atomic E-state index is 10.8. The highest BCUT2D eigenvalue weighted by molar-refractivity contribution is 5.06. The van der Waals surface area contributed by atoms with Crippen LogP contribution in [-0.2, 0) is 4.74 Å². The Kier molecular flexibility index (Phi) is 4.53. The molecule has 4 aliphatic carbocycles. The first-order valence-corrected chi connectivity index (χ1v) is 10.7. The fraction of sp³-hybridized carbons (Fsp3) is 1.00. The molecule has 0 bridgehead atoms. The average molecular weight is 335 g/mol. The number of hydrogen-bond acceptors (Lipinski definition) is 2. The molecule has 1 N–H and O–H groups in total. The normalized spacial score (nSPS) is 54.0. The summed E-state index contributed by atoms with van der Waals surface area (Å²) in [4.78, 5) is 0. The van der Waals surface area contributed by atoms with Crippen LogP contribution < -0.4 is 0 Å². The number of methoxy groups -OCH3 is 1. The highest BCUT2D eigenvalue weighted by atomic mass is 16.5. The minimum absolute atomic E-state index is 0.531. The van der Waals surface area contributed by atoms with Gasteiger partial charge in [0.1, 0.15) is 0 Å². The molecule has 8 atom stereocenters. The molecule has 2 nitrogen and oxygen atoms in total. The van der Waals surface area contributed by atoms with E-state index in [0.717, 1.165) is 48.3 Å². The van der Waals surface area contributed by atoms with Gasteiger partial charge in [0.2, 0.25) is 0 Å². The molecule has 0 radical (unpaired) electrons. The molecule has 0 saturated heterocycles. The lowest BCUT2D eigenvalue weighted by molar-refractivity contribution is -0.124. The summed E-state index contributed by atoms with van der Waals surface area (Å²) in [6.45, 7) is 5.58. The molecule has 0 aromatic rings. The summed E-state index contributed by atoms with van der Waals surface area (Å²) in [5, 5.41) is 10.8. The maximum absolute atomic E-state index is 10.8. The minimum Gasteiger partial charge on any atom is -0.387 e. The molecule has 24 heavy (non-hydrogen) atoms. The molecule has 0 aromatic heterocycles. The van der Waals surface area contributed by atoms with Crippen LogP contribution in [0, 0.1) is 40.9 Å². The van der Waals surface area contributed by atoms with Crippen molar-refractivity contribution in [3.05, 3.63) is 0 Å². The quantitative estimate of drug-likeness (QED) is 0.783. The van der Waals surface area contributed by atoms with Crippen LogP contribution in [0.2, 0.25) is 0 Å². The van der Waals surface area contributed by atoms with Gasteiger partial charge in [-0.3, -0.25) is 0 Å². The van der Waals surface area contributed by atoms with Gasteiger partial charge < -0.3 is 9.84 Å². The van der Waals surface area contributed by atoms with E-state index in [1.165, 1.54) is 51.4 Å². The van der Waals surface area contributed by atoms with Gasteiger partial charge in [-0.1, -0.05) is 20.3 Å². The topological polar surface area (TPSA) is 29.5 Å². The molecular formula is C22H38O2. The van der Waals surface area contributed by atoms with Crippen molar-refractivity contribution in [3.63, 3.8) is 0 Å². The second-order valence-electron chi connectivity index (χ2n) is 10.1. The van der Waals surface area contributed by atoms with Crippen molar-refractivity contribution in [2.24, 2.45) is 40.9 Å². The predicted octanol–water partition coefficient (Wildman–Crippen LogP) is 5.04. The first-order chi connectivity index (χ1) is 11.5. The second kappa shape index (κ2) is 6.27. The van der Waals surface area contributed by atoms with Crippen LogP contribution in [0.1, 0.15) is 78.1 Å². The Balaban J connectivity index is 1.50. The van der Waals surface area contributed by atoms with E-state index in [0.29, 0.717) is 12.0 Å². The van der Waals surface area contributed by atoms with E-state index in [4.69, 9.17) is 4.74 Å². The Bertz CT molecular complexity index is 463. The highest BCUT2D eigenvalue weighted by Gasteiger charge is 2.57. The zero-order valence-corrected chi connectivity index (χ0v) is 16.1. The van der Waals surface area contributed by atoms with Crippen molar-refractivity contribution >= 4 is 0 Å². The van der Waals surface area contributed by atoms with Crippen LogP contribution >= 0.6 is 0 Å². The summed E-state index contributed by atoms with van der Waals surface area (Å²) in [5.41, 5.74) is 0.112. The largest absolute Gasteiger partial charge is 0.387 e. The molecule has 4 saturated carbocycles. The van der Waals surface area contributed by atoms with E-state index in [1.54, 1.807) is 7.11 Å². The average Bonchev–Trinajstić information content (AvgIpc) is 2.90. The Labute approximate surface area is 148 Å². The SMILES string of the molecule is CC[C@H]1CC[C@H]2[C@@H]3CC[C@@H]4C[C@](O)(COC)CC[C@@H]4[C@H]3CC[C@]12C. The summed E-state index contributed by atoms with van der Waals surface area (Å²) in [6.07, 6.45) is 13.3. The highest BCUT2D eigenvalue weighted by Crippen LogP contribution is 2.65. The maximum Gasteiger partial charge on any atom is 0.0882 e. The van der Waals surface area contributed by atoms with E-state index in [2.05, 4.69) is 13.8 Å². The van der Waals surface area contributed by atoms with Gasteiger partial charge in [-0.15, -0.1) is 0 Å². The van der Waals surface area contributed by atoms with E-state index in [9.17, 15) is 5.11 Å². The lowest BCUT2D eigenvalue weighted by Crippen LogP contribution is -2.51. The summed E-state index contributed by atoms with van der Waals surface area (Å²) >= 11 is 0. The molecule has 0 aromatic carbocycles. The second-order valence-corrected chi connectivity index (χ2v) is 10.1. The van der Waals surface area contributed by atoms with Crippen molar-refractivity contribution in [2.45, 2.75) is 83.7 Å². The van der Waals surface area contributed by atoms with Crippen molar-refractivity contribution in [3.8, 4) is 0 Å². The monoisotopic (exact) mass is 334 g/mol. The van der Waals surface area contributed by atoms with Gasteiger partial charge in [0, 0.05) is 7.11 Å². The van der Waals surface area contributed by atoms with E-state index in [1.807, 2.05) is 0 Å². The Morgan fingerprint density at radius 3 is 2.50 bits per heavy atom. The molecule has 4 fully saturated rings. The molecular weight excluding hydrogens is 296 g/mol. The lowest BCUT2D eigenvalue weighted by Gasteiger charge is -2.57. The van der Waals surface area contributed by atoms with Crippen LogP contribution in [0.4, 0.5) is 0 Å². The van der Waals surface area contributed by atoms with Crippen LogP contribution in [0.5, 0.6) is 0 Å². The van der Waals surface area contributed by atoms with Gasteiger partial charge in [0.15, 0.2) is 0 Å². The molecule has 138 valence electrons. The minimum atomic E-state index is -0.535. The molecule has 4 aliphatic rings. The van der Waals surface area contributed by atoms with Gasteiger partial charge >= 0.3 is 0 Å². The molecule has 4 rings (SSSR count). The van der Waals surface area contributed by atoms with Gasteiger partial charge in [-0.2, -0.15) is 0 Å². The fourth-order valence-electron chi connectivity index (χ4n) is 8.14. The molecule has 2 heteroatoms. The van der Waals surface area contributed by atoms with Crippen molar-refractivity contribution in [1.82, 2.24) is 0 Å². The van der Waals surface area contributed by atoms with Gasteiger partial charge in [0.25, 0.3) is 0 Å². The molecule has 0 heterocycles. The predicted molar refractivity (Wildman–Crippen MR) is 97.7 cm³/mol. The summed E-state index contributed by atoms with van der Waals surface area (Å²) in [7, 11) is 1.73. The Hall–Kier alpha value is -0.0800. The number of fused-ring (bicyclic) bond motifs is 5. The molecule has 0 spiro atoms. The van der Waals surface area contributed by atoms with Crippen molar-refractivity contribution in [1.29, 1.82) is 0 Å². The standard InChI is InChI=1S/C22H38O2/c1-4-16-6-8-20-19-7-5-15-13-22(23,14-24-3)12-10-17(15)18(19)9-11-21(16,20)2/h15-20,23H,4-14H2,1-3H3/t15-,16+,17+,18-,19-,20+,21-,22+/m1/s1. The number of aliphatic hydroxyl groups is 1. The van der Waals surface area contributed by atoms with Crippen molar-refractivity contribution in [2.75, 3.05) is 13.7 Å². The first kappa shape index (κ1) is 17.3. The van der Waals surface area contributed by atoms with Crippen molar-refractivity contribution < 1.29 is 9.84 Å². The fourth-order valence-corrected chi connectivity index (χ4v) is 8.14. The molecule has 0 unspecified atom stereocenters. The van der Waals surface area contributed by atoms with Gasteiger partial charge in [-0.25, -0.2) is 0 Å². The summed E-state index contributed by atoms with van der Waals surface area (Å²) in [6, 6.07) is 0. The third kappa shape index (κ3) is 2.58. The number of ether oxygens (including phenoxy) is 1. The smallest absolute Gasteiger partial charge is 0.0882 e. The zero-order valence-electron chi connectivity index (χ0n) is 16.1. The Morgan fingerprint density at radius 2 is 1.75 bits per heavy atom. The first-order valence-electron chi connectivity index (χ1n) is 10.7. The number of rotatable bonds is 3. The molecule has 0 amide bonds. The third-order valence-corrected chi connectivity index (χ3v) is 9.21. The Morgan fingerprint density at radius 1 is 0.958 bits per heavy atom.